The van der Waals surface area contributed by atoms with Gasteiger partial charge in [0.25, 0.3) is 0 Å². The first-order valence-electron chi connectivity index (χ1n) is 5.86. The van der Waals surface area contributed by atoms with Crippen LogP contribution in [0.2, 0.25) is 0 Å². The van der Waals surface area contributed by atoms with E-state index in [1.165, 1.54) is 30.6 Å². The van der Waals surface area contributed by atoms with Crippen LogP contribution in [0, 0.1) is 5.92 Å². The molecule has 0 amide bonds. The van der Waals surface area contributed by atoms with Crippen LogP contribution in [0.25, 0.3) is 0 Å². The molecule has 1 heteroatoms. The lowest BCUT2D eigenvalue weighted by Crippen LogP contribution is -2.43. The van der Waals surface area contributed by atoms with Gasteiger partial charge in [-0.1, -0.05) is 45.0 Å². The molecule has 1 N–H and O–H groups in total. The predicted molar refractivity (Wildman–Crippen MR) is 65.2 cm³/mol. The third kappa shape index (κ3) is 2.40. The first-order chi connectivity index (χ1) is 7.07. The Hall–Kier alpha value is -0.820. The molecule has 1 aliphatic heterocycles. The molecule has 0 saturated carbocycles. The molecule has 0 radical (unpaired) electrons. The molecular weight excluding hydrogens is 182 g/mol. The average Bonchev–Trinajstić information content (AvgIpc) is 2.10. The van der Waals surface area contributed by atoms with E-state index in [1.54, 1.807) is 0 Å². The fraction of sp³-hybridized carbons (Fsp3) is 0.571. The Balaban J connectivity index is 2.21. The first kappa shape index (κ1) is 10.7. The van der Waals surface area contributed by atoms with Crippen LogP contribution in [0.15, 0.2) is 24.3 Å². The highest BCUT2D eigenvalue weighted by Gasteiger charge is 2.22. The average molecular weight is 203 g/mol. The molecule has 0 aliphatic carbocycles. The number of benzene rings is 1. The molecular formula is C14H21N. The fourth-order valence-corrected chi connectivity index (χ4v) is 2.23. The van der Waals surface area contributed by atoms with Gasteiger partial charge in [-0.2, -0.15) is 0 Å². The summed E-state index contributed by atoms with van der Waals surface area (Å²) in [7, 11) is 0. The third-order valence-electron chi connectivity index (χ3n) is 3.20. The highest BCUT2D eigenvalue weighted by atomic mass is 14.9. The maximum Gasteiger partial charge on any atom is -0.000506 e. The maximum absolute atomic E-state index is 3.34. The summed E-state index contributed by atoms with van der Waals surface area (Å²) in [5, 5.41) is 3.34. The number of hydrogen-bond acceptors (Lipinski definition) is 1. The topological polar surface area (TPSA) is 12.0 Å². The second-order valence-corrected chi connectivity index (χ2v) is 5.64. The second-order valence-electron chi connectivity index (χ2n) is 5.64. The largest absolute Gasteiger partial charge is 0.316 e. The molecule has 2 rings (SSSR count). The van der Waals surface area contributed by atoms with Crippen LogP contribution in [0.5, 0.6) is 0 Å². The minimum Gasteiger partial charge on any atom is -0.316 e. The van der Waals surface area contributed by atoms with Gasteiger partial charge >= 0.3 is 0 Å². The summed E-state index contributed by atoms with van der Waals surface area (Å²) in [6, 6.07) is 8.89. The van der Waals surface area contributed by atoms with E-state index in [0.29, 0.717) is 0 Å². The van der Waals surface area contributed by atoms with Gasteiger partial charge < -0.3 is 5.32 Å². The maximum atomic E-state index is 3.34. The van der Waals surface area contributed by atoms with Crippen molar-refractivity contribution in [3.05, 3.63) is 35.4 Å². The summed E-state index contributed by atoms with van der Waals surface area (Å²) < 4.78 is 0. The Labute approximate surface area is 92.9 Å². The molecule has 1 aromatic carbocycles. The van der Waals surface area contributed by atoms with Gasteiger partial charge in [0.05, 0.1) is 0 Å². The molecule has 1 heterocycles. The Kier molecular flexibility index (Phi) is 2.83. The molecule has 1 nitrogen and oxygen atoms in total. The van der Waals surface area contributed by atoms with E-state index in [9.17, 15) is 0 Å². The highest BCUT2D eigenvalue weighted by Crippen LogP contribution is 2.27. The summed E-state index contributed by atoms with van der Waals surface area (Å²) in [6.07, 6.45) is 1.24. The molecule has 1 aromatic rings. The van der Waals surface area contributed by atoms with E-state index < -0.39 is 0 Å². The Morgan fingerprint density at radius 3 is 2.40 bits per heavy atom. The van der Waals surface area contributed by atoms with E-state index in [0.717, 1.165) is 5.92 Å². The van der Waals surface area contributed by atoms with Crippen LogP contribution < -0.4 is 5.32 Å². The molecule has 0 bridgehead atoms. The van der Waals surface area contributed by atoms with Crippen molar-refractivity contribution < 1.29 is 0 Å². The number of hydrogen-bond donors (Lipinski definition) is 1. The lowest BCUT2D eigenvalue weighted by molar-refractivity contribution is 0.344. The minimum absolute atomic E-state index is 0.272. The van der Waals surface area contributed by atoms with Crippen molar-refractivity contribution in [2.75, 3.05) is 13.1 Å². The Bertz CT molecular complexity index is 331. The van der Waals surface area contributed by atoms with Gasteiger partial charge in [-0.3, -0.25) is 0 Å². The van der Waals surface area contributed by atoms with Gasteiger partial charge in [0.2, 0.25) is 0 Å². The monoisotopic (exact) mass is 203 g/mol. The molecule has 82 valence electrons. The molecule has 15 heavy (non-hydrogen) atoms. The molecule has 0 atom stereocenters. The normalized spacial score (nSPS) is 17.5. The van der Waals surface area contributed by atoms with Gasteiger partial charge in [0.15, 0.2) is 0 Å². The van der Waals surface area contributed by atoms with E-state index in [4.69, 9.17) is 0 Å². The zero-order valence-corrected chi connectivity index (χ0v) is 10.0. The molecule has 0 unspecified atom stereocenters. The fourth-order valence-electron chi connectivity index (χ4n) is 2.23. The standard InChI is InChI=1S/C14H21N/c1-14(2,3)13-7-5-4-6-12(13)8-11-9-15-10-11/h4-7,11,15H,8-10H2,1-3H3. The van der Waals surface area contributed by atoms with Crippen LogP contribution in [0.3, 0.4) is 0 Å². The van der Waals surface area contributed by atoms with Crippen molar-refractivity contribution in [3.8, 4) is 0 Å². The zero-order valence-electron chi connectivity index (χ0n) is 10.0. The van der Waals surface area contributed by atoms with E-state index in [-0.39, 0.29) is 5.41 Å². The highest BCUT2D eigenvalue weighted by molar-refractivity contribution is 5.33. The minimum atomic E-state index is 0.272. The van der Waals surface area contributed by atoms with Gasteiger partial charge in [0.1, 0.15) is 0 Å². The van der Waals surface area contributed by atoms with Gasteiger partial charge in [0, 0.05) is 0 Å². The first-order valence-corrected chi connectivity index (χ1v) is 5.86. The van der Waals surface area contributed by atoms with Crippen molar-refractivity contribution in [1.82, 2.24) is 5.32 Å². The van der Waals surface area contributed by atoms with Crippen LogP contribution in [0.1, 0.15) is 31.9 Å². The smallest absolute Gasteiger partial charge is 0.000506 e. The summed E-state index contributed by atoms with van der Waals surface area (Å²) >= 11 is 0. The summed E-state index contributed by atoms with van der Waals surface area (Å²) in [4.78, 5) is 0. The molecule has 1 fully saturated rings. The van der Waals surface area contributed by atoms with E-state index in [1.807, 2.05) is 0 Å². The zero-order chi connectivity index (χ0) is 10.9. The van der Waals surface area contributed by atoms with Gasteiger partial charge in [-0.25, -0.2) is 0 Å². The van der Waals surface area contributed by atoms with Crippen LogP contribution in [0.4, 0.5) is 0 Å². The van der Waals surface area contributed by atoms with Crippen molar-refractivity contribution in [2.24, 2.45) is 5.92 Å². The molecule has 0 spiro atoms. The van der Waals surface area contributed by atoms with E-state index in [2.05, 4.69) is 50.4 Å². The van der Waals surface area contributed by atoms with Crippen LogP contribution in [-0.2, 0) is 11.8 Å². The van der Waals surface area contributed by atoms with Crippen molar-refractivity contribution in [2.45, 2.75) is 32.6 Å². The lowest BCUT2D eigenvalue weighted by Gasteiger charge is -2.30. The number of nitrogens with one attached hydrogen (secondary N) is 1. The van der Waals surface area contributed by atoms with Gasteiger partial charge in [-0.15, -0.1) is 0 Å². The van der Waals surface area contributed by atoms with E-state index >= 15 is 0 Å². The predicted octanol–water partition coefficient (Wildman–Crippen LogP) is 2.75. The Morgan fingerprint density at radius 1 is 1.20 bits per heavy atom. The van der Waals surface area contributed by atoms with Crippen LogP contribution in [-0.4, -0.2) is 13.1 Å². The van der Waals surface area contributed by atoms with Crippen LogP contribution >= 0.6 is 0 Å². The molecule has 0 aromatic heterocycles. The lowest BCUT2D eigenvalue weighted by atomic mass is 9.80. The van der Waals surface area contributed by atoms with Crippen molar-refractivity contribution in [1.29, 1.82) is 0 Å². The number of rotatable bonds is 2. The molecule has 1 saturated heterocycles. The SMILES string of the molecule is CC(C)(C)c1ccccc1CC1CNC1. The van der Waals surface area contributed by atoms with Gasteiger partial charge in [-0.05, 0) is 42.0 Å². The quantitative estimate of drug-likeness (QED) is 0.779. The Morgan fingerprint density at radius 2 is 1.87 bits per heavy atom. The molecule has 1 aliphatic rings. The summed E-state index contributed by atoms with van der Waals surface area (Å²) in [5.41, 5.74) is 3.32. The second kappa shape index (κ2) is 3.97. The summed E-state index contributed by atoms with van der Waals surface area (Å²) in [5.74, 6) is 0.855. The van der Waals surface area contributed by atoms with Crippen molar-refractivity contribution >= 4 is 0 Å². The van der Waals surface area contributed by atoms with Crippen molar-refractivity contribution in [3.63, 3.8) is 0 Å². The summed E-state index contributed by atoms with van der Waals surface area (Å²) in [6.45, 7) is 9.28. The third-order valence-corrected chi connectivity index (χ3v) is 3.20.